The Morgan fingerprint density at radius 3 is 2.59 bits per heavy atom. The lowest BCUT2D eigenvalue weighted by atomic mass is 10.1. The number of aryl methyl sites for hydroxylation is 2. The first-order chi connectivity index (χ1) is 13.9. The van der Waals surface area contributed by atoms with Gasteiger partial charge in [-0.1, -0.05) is 30.0 Å². The number of nitro groups is 1. The van der Waals surface area contributed by atoms with Gasteiger partial charge in [0.1, 0.15) is 5.39 Å². The standard InChI is InChI=1S/C20H17N5O3S/c1-12-3-6-16(9-13(12)2)24-18-17(10-21-24)19(26)23-20(22-18)29-11-14-4-7-15(8-5-14)25(27)28/h3-10H,11H2,1-2H3,(H,22,23,26). The molecule has 0 bridgehead atoms. The largest absolute Gasteiger partial charge is 0.301 e. The van der Waals surface area contributed by atoms with Crippen molar-refractivity contribution < 1.29 is 4.92 Å². The molecular weight excluding hydrogens is 390 g/mol. The maximum atomic E-state index is 12.5. The summed E-state index contributed by atoms with van der Waals surface area (Å²) in [4.78, 5) is 30.1. The number of nitro benzene ring substituents is 1. The topological polar surface area (TPSA) is 107 Å². The van der Waals surface area contributed by atoms with Gasteiger partial charge in [0.05, 0.1) is 16.8 Å². The van der Waals surface area contributed by atoms with E-state index in [4.69, 9.17) is 0 Å². The second-order valence-electron chi connectivity index (χ2n) is 6.65. The maximum absolute atomic E-state index is 12.5. The van der Waals surface area contributed by atoms with E-state index in [1.165, 1.54) is 35.7 Å². The second-order valence-corrected chi connectivity index (χ2v) is 7.61. The van der Waals surface area contributed by atoms with Gasteiger partial charge in [-0.15, -0.1) is 0 Å². The SMILES string of the molecule is Cc1ccc(-n2ncc3c(=O)[nH]c(SCc4ccc([N+](=O)[O-])cc4)nc32)cc1C. The molecule has 4 rings (SSSR count). The zero-order valence-electron chi connectivity index (χ0n) is 15.7. The summed E-state index contributed by atoms with van der Waals surface area (Å²) in [6.45, 7) is 4.06. The Morgan fingerprint density at radius 1 is 1.14 bits per heavy atom. The van der Waals surface area contributed by atoms with E-state index in [1.807, 2.05) is 32.0 Å². The van der Waals surface area contributed by atoms with E-state index in [9.17, 15) is 14.9 Å². The van der Waals surface area contributed by atoms with Crippen LogP contribution >= 0.6 is 11.8 Å². The Hall–Kier alpha value is -3.46. The van der Waals surface area contributed by atoms with E-state index in [-0.39, 0.29) is 11.2 Å². The summed E-state index contributed by atoms with van der Waals surface area (Å²) in [5, 5.41) is 16.0. The smallest absolute Gasteiger partial charge is 0.269 e. The molecule has 0 amide bonds. The molecule has 0 radical (unpaired) electrons. The number of non-ortho nitro benzene ring substituents is 1. The van der Waals surface area contributed by atoms with Crippen LogP contribution in [0, 0.1) is 24.0 Å². The molecule has 0 saturated heterocycles. The molecule has 2 aromatic carbocycles. The fourth-order valence-corrected chi connectivity index (χ4v) is 3.69. The summed E-state index contributed by atoms with van der Waals surface area (Å²) in [5.74, 6) is 0.518. The van der Waals surface area contributed by atoms with E-state index < -0.39 is 4.92 Å². The van der Waals surface area contributed by atoms with Crippen molar-refractivity contribution in [1.82, 2.24) is 19.7 Å². The molecule has 0 atom stereocenters. The highest BCUT2D eigenvalue weighted by Gasteiger charge is 2.13. The molecule has 0 aliphatic rings. The first kappa shape index (κ1) is 18.9. The van der Waals surface area contributed by atoms with Crippen LogP contribution in [0.15, 0.2) is 58.6 Å². The van der Waals surface area contributed by atoms with Gasteiger partial charge in [-0.2, -0.15) is 5.10 Å². The Kier molecular flexibility index (Phi) is 4.89. The van der Waals surface area contributed by atoms with Crippen LogP contribution < -0.4 is 5.56 Å². The number of benzene rings is 2. The van der Waals surface area contributed by atoms with Crippen molar-refractivity contribution in [3.8, 4) is 5.69 Å². The van der Waals surface area contributed by atoms with E-state index in [0.29, 0.717) is 21.9 Å². The molecule has 8 nitrogen and oxygen atoms in total. The number of aromatic nitrogens is 4. The van der Waals surface area contributed by atoms with Crippen LogP contribution in [0.4, 0.5) is 5.69 Å². The van der Waals surface area contributed by atoms with Crippen molar-refractivity contribution in [2.45, 2.75) is 24.8 Å². The predicted octanol–water partition coefficient (Wildman–Crippen LogP) is 3.93. The minimum atomic E-state index is -0.433. The Morgan fingerprint density at radius 2 is 1.90 bits per heavy atom. The van der Waals surface area contributed by atoms with Crippen LogP contribution in [-0.2, 0) is 5.75 Å². The molecule has 4 aromatic rings. The lowest BCUT2D eigenvalue weighted by Crippen LogP contribution is -2.10. The molecule has 0 saturated carbocycles. The van der Waals surface area contributed by atoms with E-state index in [2.05, 4.69) is 15.1 Å². The van der Waals surface area contributed by atoms with Crippen LogP contribution in [0.3, 0.4) is 0 Å². The molecule has 0 aliphatic carbocycles. The highest BCUT2D eigenvalue weighted by atomic mass is 32.2. The molecule has 2 heterocycles. The van der Waals surface area contributed by atoms with Crippen LogP contribution in [0.25, 0.3) is 16.7 Å². The van der Waals surface area contributed by atoms with E-state index in [1.54, 1.807) is 16.8 Å². The normalized spacial score (nSPS) is 11.1. The highest BCUT2D eigenvalue weighted by Crippen LogP contribution is 2.23. The molecule has 0 aliphatic heterocycles. The predicted molar refractivity (Wildman–Crippen MR) is 112 cm³/mol. The third kappa shape index (κ3) is 3.77. The Balaban J connectivity index is 1.64. The number of hydrogen-bond acceptors (Lipinski definition) is 6. The van der Waals surface area contributed by atoms with Crippen LogP contribution in [0.2, 0.25) is 0 Å². The quantitative estimate of drug-likeness (QED) is 0.232. The number of nitrogens with zero attached hydrogens (tertiary/aromatic N) is 4. The molecule has 0 unspecified atom stereocenters. The van der Waals surface area contributed by atoms with Crippen molar-refractivity contribution >= 4 is 28.5 Å². The Labute approximate surface area is 169 Å². The van der Waals surface area contributed by atoms with Gasteiger partial charge >= 0.3 is 0 Å². The number of H-pyrrole nitrogens is 1. The third-order valence-electron chi connectivity index (χ3n) is 4.67. The fraction of sp³-hybridized carbons (Fsp3) is 0.150. The molecule has 0 fully saturated rings. The average molecular weight is 407 g/mol. The zero-order valence-corrected chi connectivity index (χ0v) is 16.6. The van der Waals surface area contributed by atoms with Crippen LogP contribution in [-0.4, -0.2) is 24.7 Å². The molecule has 146 valence electrons. The van der Waals surface area contributed by atoms with Crippen molar-refractivity contribution in [3.63, 3.8) is 0 Å². The van der Waals surface area contributed by atoms with Gasteiger partial charge in [0, 0.05) is 17.9 Å². The summed E-state index contributed by atoms with van der Waals surface area (Å²) in [7, 11) is 0. The number of rotatable bonds is 5. The van der Waals surface area contributed by atoms with E-state index >= 15 is 0 Å². The minimum Gasteiger partial charge on any atom is -0.301 e. The summed E-state index contributed by atoms with van der Waals surface area (Å²) in [6, 6.07) is 12.3. The molecule has 0 spiro atoms. The summed E-state index contributed by atoms with van der Waals surface area (Å²) < 4.78 is 1.66. The first-order valence-corrected chi connectivity index (χ1v) is 9.83. The number of hydrogen-bond donors (Lipinski definition) is 1. The van der Waals surface area contributed by atoms with Crippen molar-refractivity contribution in [2.24, 2.45) is 0 Å². The van der Waals surface area contributed by atoms with Gasteiger partial charge in [0.2, 0.25) is 0 Å². The van der Waals surface area contributed by atoms with Crippen molar-refractivity contribution in [2.75, 3.05) is 0 Å². The zero-order chi connectivity index (χ0) is 20.5. The lowest BCUT2D eigenvalue weighted by molar-refractivity contribution is -0.384. The number of thioether (sulfide) groups is 1. The van der Waals surface area contributed by atoms with Crippen molar-refractivity contribution in [3.05, 3.63) is 85.8 Å². The third-order valence-corrected chi connectivity index (χ3v) is 5.62. The molecule has 9 heteroatoms. The molecule has 29 heavy (non-hydrogen) atoms. The lowest BCUT2D eigenvalue weighted by Gasteiger charge is -2.07. The molecular formula is C20H17N5O3S. The Bertz CT molecular complexity index is 1280. The molecule has 2 aromatic heterocycles. The summed E-state index contributed by atoms with van der Waals surface area (Å²) >= 11 is 1.35. The van der Waals surface area contributed by atoms with Gasteiger partial charge < -0.3 is 4.98 Å². The maximum Gasteiger partial charge on any atom is 0.269 e. The van der Waals surface area contributed by atoms with Gasteiger partial charge in [0.15, 0.2) is 10.8 Å². The highest BCUT2D eigenvalue weighted by molar-refractivity contribution is 7.98. The first-order valence-electron chi connectivity index (χ1n) is 8.84. The van der Waals surface area contributed by atoms with E-state index in [0.717, 1.165) is 16.8 Å². The average Bonchev–Trinajstić information content (AvgIpc) is 3.13. The van der Waals surface area contributed by atoms with Gasteiger partial charge in [-0.05, 0) is 42.7 Å². The van der Waals surface area contributed by atoms with Crippen LogP contribution in [0.1, 0.15) is 16.7 Å². The monoisotopic (exact) mass is 407 g/mol. The summed E-state index contributed by atoms with van der Waals surface area (Å²) in [6.07, 6.45) is 1.52. The van der Waals surface area contributed by atoms with Crippen molar-refractivity contribution in [1.29, 1.82) is 0 Å². The second kappa shape index (κ2) is 7.51. The molecule has 1 N–H and O–H groups in total. The van der Waals surface area contributed by atoms with Gasteiger partial charge in [-0.25, -0.2) is 9.67 Å². The number of aromatic amines is 1. The van der Waals surface area contributed by atoms with Gasteiger partial charge in [0.25, 0.3) is 11.2 Å². The fourth-order valence-electron chi connectivity index (χ4n) is 2.88. The summed E-state index contributed by atoms with van der Waals surface area (Å²) in [5.41, 5.74) is 4.32. The van der Waals surface area contributed by atoms with Gasteiger partial charge in [-0.3, -0.25) is 14.9 Å². The van der Waals surface area contributed by atoms with Crippen LogP contribution in [0.5, 0.6) is 0 Å². The minimum absolute atomic E-state index is 0.0454. The number of fused-ring (bicyclic) bond motifs is 1. The number of nitrogens with one attached hydrogen (secondary N) is 1.